The van der Waals surface area contributed by atoms with Gasteiger partial charge >= 0.3 is 0 Å². The maximum absolute atomic E-state index is 13.5. The van der Waals surface area contributed by atoms with Gasteiger partial charge in [0.2, 0.25) is 11.1 Å². The van der Waals surface area contributed by atoms with Crippen molar-refractivity contribution in [1.29, 1.82) is 0 Å². The summed E-state index contributed by atoms with van der Waals surface area (Å²) < 4.78 is 1.90. The van der Waals surface area contributed by atoms with Crippen molar-refractivity contribution in [2.75, 3.05) is 18.5 Å². The maximum atomic E-state index is 13.5. The van der Waals surface area contributed by atoms with Gasteiger partial charge in [0, 0.05) is 23.7 Å². The minimum absolute atomic E-state index is 0.155. The Morgan fingerprint density at radius 2 is 1.73 bits per heavy atom. The maximum Gasteiger partial charge on any atom is 0.238 e. The molecule has 0 unspecified atom stereocenters. The van der Waals surface area contributed by atoms with Crippen molar-refractivity contribution in [3.63, 3.8) is 0 Å². The van der Waals surface area contributed by atoms with Crippen molar-refractivity contribution in [3.8, 4) is 11.4 Å². The molecule has 1 amide bonds. The number of thioether (sulfide) groups is 1. The van der Waals surface area contributed by atoms with E-state index >= 15 is 0 Å². The molecule has 3 heterocycles. The highest BCUT2D eigenvalue weighted by atomic mass is 35.5. The Balaban J connectivity index is 1.53. The van der Waals surface area contributed by atoms with Crippen LogP contribution >= 0.6 is 23.4 Å². The molecule has 6 nitrogen and oxygen atoms in total. The molecule has 1 saturated heterocycles. The van der Waals surface area contributed by atoms with Gasteiger partial charge in [-0.2, -0.15) is 0 Å². The number of nitrogens with zero attached hydrogens (tertiary/aromatic N) is 4. The van der Waals surface area contributed by atoms with Gasteiger partial charge in [0.05, 0.1) is 6.04 Å². The number of carbonyl (C=O) groups is 1. The highest BCUT2D eigenvalue weighted by Crippen LogP contribution is 2.39. The van der Waals surface area contributed by atoms with Gasteiger partial charge in [0.1, 0.15) is 5.25 Å². The minimum atomic E-state index is -0.315. The third-order valence-electron chi connectivity index (χ3n) is 5.61. The van der Waals surface area contributed by atoms with Crippen LogP contribution in [0.3, 0.4) is 0 Å². The van der Waals surface area contributed by atoms with E-state index in [0.717, 1.165) is 42.9 Å². The Labute approximate surface area is 184 Å². The smallest absolute Gasteiger partial charge is 0.238 e. The van der Waals surface area contributed by atoms with Gasteiger partial charge in [-0.05, 0) is 37.0 Å². The Kier molecular flexibility index (Phi) is 5.39. The van der Waals surface area contributed by atoms with Crippen LogP contribution in [-0.2, 0) is 4.79 Å². The van der Waals surface area contributed by atoms with Crippen molar-refractivity contribution in [2.24, 2.45) is 0 Å². The van der Waals surface area contributed by atoms with E-state index in [9.17, 15) is 4.79 Å². The van der Waals surface area contributed by atoms with Crippen molar-refractivity contribution < 1.29 is 4.79 Å². The number of aromatic nitrogens is 3. The second kappa shape index (κ2) is 8.32. The number of carbonyl (C=O) groups excluding carboxylic acids is 1. The van der Waals surface area contributed by atoms with E-state index in [4.69, 9.17) is 11.6 Å². The van der Waals surface area contributed by atoms with Gasteiger partial charge in [-0.25, -0.2) is 4.68 Å². The van der Waals surface area contributed by atoms with Crippen LogP contribution in [0.15, 0.2) is 59.8 Å². The molecule has 2 aliphatic rings. The average molecular weight is 440 g/mol. The molecule has 0 bridgehead atoms. The molecular formula is C22H22ClN5OS. The Hall–Kier alpha value is -2.51. The molecule has 1 N–H and O–H groups in total. The highest BCUT2D eigenvalue weighted by Gasteiger charge is 2.40. The van der Waals surface area contributed by atoms with E-state index in [0.29, 0.717) is 10.2 Å². The Morgan fingerprint density at radius 1 is 1.00 bits per heavy atom. The average Bonchev–Trinajstić information content (AvgIpc) is 3.22. The number of halogens is 1. The molecule has 154 valence electrons. The quantitative estimate of drug-likeness (QED) is 0.656. The third kappa shape index (κ3) is 3.68. The summed E-state index contributed by atoms with van der Waals surface area (Å²) in [7, 11) is 0. The van der Waals surface area contributed by atoms with Crippen molar-refractivity contribution in [3.05, 3.63) is 65.2 Å². The molecule has 3 aromatic rings. The zero-order valence-corrected chi connectivity index (χ0v) is 17.9. The number of nitrogens with one attached hydrogen (secondary N) is 1. The Bertz CT molecular complexity index is 1030. The molecule has 2 aliphatic heterocycles. The first-order chi connectivity index (χ1) is 14.7. The number of amides is 1. The van der Waals surface area contributed by atoms with E-state index in [1.165, 1.54) is 18.2 Å². The van der Waals surface area contributed by atoms with Crippen LogP contribution in [0.25, 0.3) is 11.4 Å². The summed E-state index contributed by atoms with van der Waals surface area (Å²) in [6.07, 6.45) is 3.32. The molecule has 8 heteroatoms. The lowest BCUT2D eigenvalue weighted by Crippen LogP contribution is -2.47. The summed E-state index contributed by atoms with van der Waals surface area (Å²) in [5.74, 6) is 0.892. The topological polar surface area (TPSA) is 63.1 Å². The Morgan fingerprint density at radius 3 is 2.47 bits per heavy atom. The van der Waals surface area contributed by atoms with E-state index in [1.807, 2.05) is 64.2 Å². The predicted molar refractivity (Wildman–Crippen MR) is 119 cm³/mol. The van der Waals surface area contributed by atoms with Crippen LogP contribution < -0.4 is 5.43 Å². The van der Waals surface area contributed by atoms with Gasteiger partial charge < -0.3 is 10.3 Å². The van der Waals surface area contributed by atoms with Crippen LogP contribution in [0.5, 0.6) is 0 Å². The van der Waals surface area contributed by atoms with Crippen LogP contribution in [-0.4, -0.2) is 44.0 Å². The first kappa shape index (κ1) is 19.5. The molecule has 2 aromatic carbocycles. The number of fused-ring (bicyclic) bond motifs is 1. The SMILES string of the molecule is O=C([C@@H]1Sc2nnc(-c3ccccc3)n2N[C@@H]1c1ccc(Cl)cc1)N1CCCCC1. The number of hydrogen-bond acceptors (Lipinski definition) is 5. The van der Waals surface area contributed by atoms with Gasteiger partial charge in [0.25, 0.3) is 0 Å². The van der Waals surface area contributed by atoms with Gasteiger partial charge in [0.15, 0.2) is 5.82 Å². The number of rotatable bonds is 3. The van der Waals surface area contributed by atoms with E-state index in [2.05, 4.69) is 15.6 Å². The van der Waals surface area contributed by atoms with E-state index < -0.39 is 0 Å². The lowest BCUT2D eigenvalue weighted by molar-refractivity contribution is -0.131. The molecule has 5 rings (SSSR count). The molecule has 1 fully saturated rings. The van der Waals surface area contributed by atoms with E-state index in [1.54, 1.807) is 0 Å². The standard InChI is InChI=1S/C22H22ClN5OS/c23-17-11-9-15(10-12-17)18-19(21(29)27-13-5-2-6-14-27)30-22-25-24-20(28(22)26-18)16-7-3-1-4-8-16/h1,3-4,7-12,18-19,26H,2,5-6,13-14H2/t18-,19-/m1/s1. The molecular weight excluding hydrogens is 418 g/mol. The zero-order chi connectivity index (χ0) is 20.5. The fourth-order valence-corrected chi connectivity index (χ4v) is 5.32. The molecule has 0 aliphatic carbocycles. The fraction of sp³-hybridized carbons (Fsp3) is 0.318. The molecule has 30 heavy (non-hydrogen) atoms. The summed E-state index contributed by atoms with van der Waals surface area (Å²) in [5, 5.41) is 9.84. The first-order valence-corrected chi connectivity index (χ1v) is 11.4. The number of hydrogen-bond donors (Lipinski definition) is 1. The summed E-state index contributed by atoms with van der Waals surface area (Å²) in [6, 6.07) is 17.4. The second-order valence-electron chi connectivity index (χ2n) is 7.59. The number of likely N-dealkylation sites (tertiary alicyclic amines) is 1. The summed E-state index contributed by atoms with van der Waals surface area (Å²) in [5.41, 5.74) is 5.52. The van der Waals surface area contributed by atoms with Gasteiger partial charge in [-0.15, -0.1) is 10.2 Å². The van der Waals surface area contributed by atoms with Crippen molar-refractivity contribution in [1.82, 2.24) is 19.8 Å². The van der Waals surface area contributed by atoms with Gasteiger partial charge in [-0.3, -0.25) is 4.79 Å². The molecule has 0 spiro atoms. The van der Waals surface area contributed by atoms with Gasteiger partial charge in [-0.1, -0.05) is 65.8 Å². The fourth-order valence-electron chi connectivity index (χ4n) is 4.03. The van der Waals surface area contributed by atoms with E-state index in [-0.39, 0.29) is 17.2 Å². The normalized spacial score (nSPS) is 21.0. The van der Waals surface area contributed by atoms with Crippen molar-refractivity contribution in [2.45, 2.75) is 35.7 Å². The third-order valence-corrected chi connectivity index (χ3v) is 7.06. The number of benzene rings is 2. The van der Waals surface area contributed by atoms with Crippen LogP contribution in [0, 0.1) is 0 Å². The molecule has 0 radical (unpaired) electrons. The first-order valence-electron chi connectivity index (χ1n) is 10.2. The highest BCUT2D eigenvalue weighted by molar-refractivity contribution is 8.00. The van der Waals surface area contributed by atoms with Crippen molar-refractivity contribution >= 4 is 29.3 Å². The zero-order valence-electron chi connectivity index (χ0n) is 16.4. The second-order valence-corrected chi connectivity index (χ2v) is 9.14. The molecule has 2 atom stereocenters. The molecule has 1 aromatic heterocycles. The monoisotopic (exact) mass is 439 g/mol. The summed E-state index contributed by atoms with van der Waals surface area (Å²) in [4.78, 5) is 15.5. The number of piperidine rings is 1. The summed E-state index contributed by atoms with van der Waals surface area (Å²) >= 11 is 7.60. The van der Waals surface area contributed by atoms with Crippen LogP contribution in [0.1, 0.15) is 30.9 Å². The summed E-state index contributed by atoms with van der Waals surface area (Å²) in [6.45, 7) is 1.65. The predicted octanol–water partition coefficient (Wildman–Crippen LogP) is 4.37. The van der Waals surface area contributed by atoms with Crippen LogP contribution in [0.4, 0.5) is 0 Å². The van der Waals surface area contributed by atoms with Crippen LogP contribution in [0.2, 0.25) is 5.02 Å². The molecule has 0 saturated carbocycles. The minimum Gasteiger partial charge on any atom is -0.342 e. The lowest BCUT2D eigenvalue weighted by Gasteiger charge is -2.37. The lowest BCUT2D eigenvalue weighted by atomic mass is 10.0. The largest absolute Gasteiger partial charge is 0.342 e.